The Morgan fingerprint density at radius 2 is 1.83 bits per heavy atom. The standard InChI is InChI=1S/C19H22N2O3/c1-20-19(22)15-4-6-17(23-2)18(12-15)24-16-5-3-13-7-9-21-10-8-14(13)11-16/h3-6,11-12,21H,7-10H2,1-2H3,(H,20,22). The van der Waals surface area contributed by atoms with E-state index in [1.165, 1.54) is 11.1 Å². The zero-order chi connectivity index (χ0) is 16.9. The zero-order valence-electron chi connectivity index (χ0n) is 14.0. The molecule has 1 aliphatic rings. The van der Waals surface area contributed by atoms with Crippen molar-refractivity contribution in [2.45, 2.75) is 12.8 Å². The lowest BCUT2D eigenvalue weighted by molar-refractivity contribution is 0.0962. The Labute approximate surface area is 142 Å². The van der Waals surface area contributed by atoms with E-state index in [1.54, 1.807) is 32.4 Å². The second-order valence-electron chi connectivity index (χ2n) is 5.73. The van der Waals surface area contributed by atoms with Crippen LogP contribution in [-0.2, 0) is 12.8 Å². The molecule has 24 heavy (non-hydrogen) atoms. The molecule has 0 spiro atoms. The first-order chi connectivity index (χ1) is 11.7. The molecule has 0 aliphatic carbocycles. The van der Waals surface area contributed by atoms with Crippen LogP contribution in [0, 0.1) is 0 Å². The summed E-state index contributed by atoms with van der Waals surface area (Å²) in [5, 5.41) is 6.02. The normalized spacial score (nSPS) is 13.6. The van der Waals surface area contributed by atoms with E-state index in [2.05, 4.69) is 22.8 Å². The second kappa shape index (κ2) is 7.36. The summed E-state index contributed by atoms with van der Waals surface area (Å²) in [6.07, 6.45) is 2.02. The molecule has 0 bridgehead atoms. The van der Waals surface area contributed by atoms with Crippen molar-refractivity contribution in [3.05, 3.63) is 53.1 Å². The van der Waals surface area contributed by atoms with E-state index < -0.39 is 0 Å². The molecule has 0 fully saturated rings. The fourth-order valence-corrected chi connectivity index (χ4v) is 2.88. The fourth-order valence-electron chi connectivity index (χ4n) is 2.88. The van der Waals surface area contributed by atoms with Crippen molar-refractivity contribution < 1.29 is 14.3 Å². The van der Waals surface area contributed by atoms with Crippen molar-refractivity contribution >= 4 is 5.91 Å². The number of carbonyl (C=O) groups excluding carboxylic acids is 1. The minimum Gasteiger partial charge on any atom is -0.493 e. The molecule has 1 amide bonds. The lowest BCUT2D eigenvalue weighted by atomic mass is 10.0. The average Bonchev–Trinajstić information content (AvgIpc) is 2.86. The summed E-state index contributed by atoms with van der Waals surface area (Å²) in [5.74, 6) is 1.73. The van der Waals surface area contributed by atoms with Crippen molar-refractivity contribution in [2.75, 3.05) is 27.2 Å². The van der Waals surface area contributed by atoms with Crippen LogP contribution in [0.2, 0.25) is 0 Å². The molecule has 0 atom stereocenters. The summed E-state index contributed by atoms with van der Waals surface area (Å²) in [4.78, 5) is 11.8. The number of methoxy groups -OCH3 is 1. The van der Waals surface area contributed by atoms with Gasteiger partial charge in [-0.15, -0.1) is 0 Å². The summed E-state index contributed by atoms with van der Waals surface area (Å²) in [6, 6.07) is 11.3. The second-order valence-corrected chi connectivity index (χ2v) is 5.73. The first kappa shape index (κ1) is 16.3. The Balaban J connectivity index is 1.90. The Hall–Kier alpha value is -2.53. The third-order valence-electron chi connectivity index (χ3n) is 4.20. The van der Waals surface area contributed by atoms with Crippen LogP contribution < -0.4 is 20.1 Å². The van der Waals surface area contributed by atoms with Crippen LogP contribution in [0.25, 0.3) is 0 Å². The van der Waals surface area contributed by atoms with Gasteiger partial charge < -0.3 is 20.1 Å². The number of hydrogen-bond acceptors (Lipinski definition) is 4. The van der Waals surface area contributed by atoms with Crippen molar-refractivity contribution in [3.8, 4) is 17.2 Å². The van der Waals surface area contributed by atoms with E-state index in [0.29, 0.717) is 17.1 Å². The Morgan fingerprint density at radius 3 is 2.58 bits per heavy atom. The molecule has 2 aromatic carbocycles. The molecule has 1 heterocycles. The van der Waals surface area contributed by atoms with Gasteiger partial charge in [0.1, 0.15) is 5.75 Å². The summed E-state index contributed by atoms with van der Waals surface area (Å²) < 4.78 is 11.4. The lowest BCUT2D eigenvalue weighted by Gasteiger charge is -2.13. The molecule has 2 aromatic rings. The number of fused-ring (bicyclic) bond motifs is 1. The van der Waals surface area contributed by atoms with Crippen molar-refractivity contribution in [1.29, 1.82) is 0 Å². The highest BCUT2D eigenvalue weighted by Crippen LogP contribution is 2.33. The number of amides is 1. The molecule has 0 saturated carbocycles. The number of benzene rings is 2. The first-order valence-electron chi connectivity index (χ1n) is 8.12. The SMILES string of the molecule is CNC(=O)c1ccc(OC)c(Oc2ccc3c(c2)CCNCC3)c1. The van der Waals surface area contributed by atoms with E-state index in [4.69, 9.17) is 9.47 Å². The molecule has 0 saturated heterocycles. The predicted octanol–water partition coefficient (Wildman–Crippen LogP) is 2.54. The van der Waals surface area contributed by atoms with Crippen LogP contribution in [0.1, 0.15) is 21.5 Å². The van der Waals surface area contributed by atoms with Gasteiger partial charge in [-0.1, -0.05) is 6.07 Å². The van der Waals surface area contributed by atoms with Crippen LogP contribution >= 0.6 is 0 Å². The van der Waals surface area contributed by atoms with Gasteiger partial charge in [-0.25, -0.2) is 0 Å². The highest BCUT2D eigenvalue weighted by Gasteiger charge is 2.13. The molecular weight excluding hydrogens is 304 g/mol. The minimum absolute atomic E-state index is 0.157. The monoisotopic (exact) mass is 326 g/mol. The van der Waals surface area contributed by atoms with Crippen molar-refractivity contribution in [1.82, 2.24) is 10.6 Å². The third kappa shape index (κ3) is 3.51. The summed E-state index contributed by atoms with van der Waals surface area (Å²) >= 11 is 0. The Bertz CT molecular complexity index is 743. The van der Waals surface area contributed by atoms with E-state index in [9.17, 15) is 4.79 Å². The number of rotatable bonds is 4. The topological polar surface area (TPSA) is 59.6 Å². The van der Waals surface area contributed by atoms with Gasteiger partial charge in [-0.05, 0) is 67.4 Å². The van der Waals surface area contributed by atoms with Crippen LogP contribution in [0.5, 0.6) is 17.2 Å². The van der Waals surface area contributed by atoms with Gasteiger partial charge in [0.05, 0.1) is 7.11 Å². The van der Waals surface area contributed by atoms with Crippen molar-refractivity contribution in [2.24, 2.45) is 0 Å². The van der Waals surface area contributed by atoms with Gasteiger partial charge >= 0.3 is 0 Å². The lowest BCUT2D eigenvalue weighted by Crippen LogP contribution is -2.17. The highest BCUT2D eigenvalue weighted by molar-refractivity contribution is 5.94. The van der Waals surface area contributed by atoms with Crippen molar-refractivity contribution in [3.63, 3.8) is 0 Å². The van der Waals surface area contributed by atoms with Gasteiger partial charge in [0.25, 0.3) is 5.91 Å². The molecule has 0 unspecified atom stereocenters. The molecule has 0 aromatic heterocycles. The first-order valence-corrected chi connectivity index (χ1v) is 8.12. The van der Waals surface area contributed by atoms with Crippen LogP contribution in [0.4, 0.5) is 0 Å². The Morgan fingerprint density at radius 1 is 1.04 bits per heavy atom. The molecule has 3 rings (SSSR count). The predicted molar refractivity (Wildman–Crippen MR) is 93.2 cm³/mol. The van der Waals surface area contributed by atoms with Crippen LogP contribution in [-0.4, -0.2) is 33.2 Å². The summed E-state index contributed by atoms with van der Waals surface area (Å²) in [5.41, 5.74) is 3.20. The van der Waals surface area contributed by atoms with Crippen LogP contribution in [0.15, 0.2) is 36.4 Å². The van der Waals surface area contributed by atoms with E-state index in [1.807, 2.05) is 6.07 Å². The number of carbonyl (C=O) groups is 1. The van der Waals surface area contributed by atoms with E-state index in [-0.39, 0.29) is 5.91 Å². The van der Waals surface area contributed by atoms with Gasteiger partial charge in [-0.3, -0.25) is 4.79 Å². The quantitative estimate of drug-likeness (QED) is 0.906. The molecule has 1 aliphatic heterocycles. The van der Waals surface area contributed by atoms with Gasteiger partial charge in [0.15, 0.2) is 11.5 Å². The zero-order valence-corrected chi connectivity index (χ0v) is 14.0. The molecule has 0 radical (unpaired) electrons. The third-order valence-corrected chi connectivity index (χ3v) is 4.20. The van der Waals surface area contributed by atoms with Gasteiger partial charge in [0, 0.05) is 12.6 Å². The maximum absolute atomic E-state index is 11.8. The maximum atomic E-state index is 11.8. The van der Waals surface area contributed by atoms with Gasteiger partial charge in [-0.2, -0.15) is 0 Å². The van der Waals surface area contributed by atoms with E-state index in [0.717, 1.165) is 31.7 Å². The Kier molecular flexibility index (Phi) is 5.01. The maximum Gasteiger partial charge on any atom is 0.251 e. The molecule has 2 N–H and O–H groups in total. The smallest absolute Gasteiger partial charge is 0.251 e. The minimum atomic E-state index is -0.157. The van der Waals surface area contributed by atoms with E-state index >= 15 is 0 Å². The molecular formula is C19H22N2O3. The highest BCUT2D eigenvalue weighted by atomic mass is 16.5. The summed E-state index contributed by atoms with van der Waals surface area (Å²) in [7, 11) is 3.19. The molecule has 5 nitrogen and oxygen atoms in total. The fraction of sp³-hybridized carbons (Fsp3) is 0.316. The van der Waals surface area contributed by atoms with Gasteiger partial charge in [0.2, 0.25) is 0 Å². The molecule has 126 valence electrons. The number of ether oxygens (including phenoxy) is 2. The van der Waals surface area contributed by atoms with Crippen LogP contribution in [0.3, 0.4) is 0 Å². The number of hydrogen-bond donors (Lipinski definition) is 2. The summed E-state index contributed by atoms with van der Waals surface area (Å²) in [6.45, 7) is 1.99. The average molecular weight is 326 g/mol. The number of nitrogens with one attached hydrogen (secondary N) is 2. The molecule has 5 heteroatoms. The largest absolute Gasteiger partial charge is 0.493 e.